The highest BCUT2D eigenvalue weighted by Crippen LogP contribution is 2.42. The molecule has 1 aliphatic heterocycles. The number of nitrogens with zero attached hydrogens (tertiary/aromatic N) is 3. The highest BCUT2D eigenvalue weighted by atomic mass is 32.1. The molecule has 0 saturated heterocycles. The van der Waals surface area contributed by atoms with Crippen LogP contribution in [0.2, 0.25) is 0 Å². The second-order valence-corrected chi connectivity index (χ2v) is 4.36. The van der Waals surface area contributed by atoms with E-state index in [1.807, 2.05) is 17.5 Å². The standard InChI is InChI=1S/C12H6N4OS/c13-4-7(5-14)10-8(6-15)12(16)17-11(10)9-2-1-3-18-9/h1-3,11H,16H2. The predicted molar refractivity (Wildman–Crippen MR) is 63.2 cm³/mol. The molecule has 0 amide bonds. The Morgan fingerprint density at radius 3 is 2.56 bits per heavy atom. The van der Waals surface area contributed by atoms with Crippen molar-refractivity contribution >= 4 is 11.3 Å². The quantitative estimate of drug-likeness (QED) is 0.769. The van der Waals surface area contributed by atoms with Crippen LogP contribution in [0.25, 0.3) is 0 Å². The molecule has 0 radical (unpaired) electrons. The lowest BCUT2D eigenvalue weighted by atomic mass is 9.98. The fraction of sp³-hybridized carbons (Fsp3) is 0.0833. The second kappa shape index (κ2) is 4.63. The van der Waals surface area contributed by atoms with Crippen molar-refractivity contribution in [3.8, 4) is 18.2 Å². The van der Waals surface area contributed by atoms with Gasteiger partial charge in [0, 0.05) is 10.5 Å². The molecule has 86 valence electrons. The molecule has 18 heavy (non-hydrogen) atoms. The van der Waals surface area contributed by atoms with E-state index in [0.29, 0.717) is 0 Å². The summed E-state index contributed by atoms with van der Waals surface area (Å²) in [5, 5.41) is 28.8. The molecule has 0 saturated carbocycles. The molecule has 2 rings (SSSR count). The molecule has 1 aliphatic rings. The van der Waals surface area contributed by atoms with E-state index in [-0.39, 0.29) is 22.6 Å². The summed E-state index contributed by atoms with van der Waals surface area (Å²) in [7, 11) is 0. The van der Waals surface area contributed by atoms with Gasteiger partial charge in [0.15, 0.2) is 6.10 Å². The van der Waals surface area contributed by atoms with Gasteiger partial charge in [0.1, 0.15) is 29.4 Å². The summed E-state index contributed by atoms with van der Waals surface area (Å²) in [5.74, 6) is -0.0473. The van der Waals surface area contributed by atoms with Gasteiger partial charge in [-0.1, -0.05) is 6.07 Å². The summed E-state index contributed by atoms with van der Waals surface area (Å²) in [6.45, 7) is 0. The number of hydrogen-bond donors (Lipinski definition) is 1. The summed E-state index contributed by atoms with van der Waals surface area (Å²) in [4.78, 5) is 0.793. The zero-order valence-corrected chi connectivity index (χ0v) is 9.86. The van der Waals surface area contributed by atoms with Crippen LogP contribution in [0.15, 0.2) is 40.1 Å². The van der Waals surface area contributed by atoms with Crippen molar-refractivity contribution in [1.29, 1.82) is 15.8 Å². The van der Waals surface area contributed by atoms with Crippen LogP contribution in [0, 0.1) is 34.0 Å². The Hall–Kier alpha value is -2.75. The SMILES string of the molecule is N#CC(C#N)=C1C(C#N)=C(N)OC1c1cccs1. The number of nitrogens with two attached hydrogens (primary N) is 1. The third-order valence-corrected chi connectivity index (χ3v) is 3.34. The number of thiophene rings is 1. The normalized spacial score (nSPS) is 17.6. The number of ether oxygens (including phenoxy) is 1. The van der Waals surface area contributed by atoms with Crippen molar-refractivity contribution in [2.24, 2.45) is 5.73 Å². The lowest BCUT2D eigenvalue weighted by Crippen LogP contribution is -2.02. The first-order valence-corrected chi connectivity index (χ1v) is 5.75. The highest BCUT2D eigenvalue weighted by molar-refractivity contribution is 7.10. The summed E-state index contributed by atoms with van der Waals surface area (Å²) >= 11 is 1.41. The largest absolute Gasteiger partial charge is 0.464 e. The number of rotatable bonds is 1. The molecule has 1 aromatic heterocycles. The Balaban J connectivity index is 2.63. The summed E-state index contributed by atoms with van der Waals surface area (Å²) in [6.07, 6.45) is -0.644. The Bertz CT molecular complexity index is 648. The maximum absolute atomic E-state index is 9.04. The Kier molecular flexibility index (Phi) is 3.02. The van der Waals surface area contributed by atoms with Gasteiger partial charge in [-0.05, 0) is 11.4 Å². The van der Waals surface area contributed by atoms with E-state index in [0.717, 1.165) is 4.88 Å². The molecule has 1 atom stereocenters. The van der Waals surface area contributed by atoms with Gasteiger partial charge in [-0.2, -0.15) is 15.8 Å². The number of allylic oxidation sites excluding steroid dienone is 1. The van der Waals surface area contributed by atoms with Crippen molar-refractivity contribution < 1.29 is 4.74 Å². The van der Waals surface area contributed by atoms with Crippen LogP contribution in [0.4, 0.5) is 0 Å². The van der Waals surface area contributed by atoms with Crippen LogP contribution in [0.1, 0.15) is 11.0 Å². The maximum atomic E-state index is 9.04. The smallest absolute Gasteiger partial charge is 0.203 e. The van der Waals surface area contributed by atoms with Gasteiger partial charge >= 0.3 is 0 Å². The summed E-state index contributed by atoms with van der Waals surface area (Å²) in [6, 6.07) is 9.04. The van der Waals surface area contributed by atoms with E-state index < -0.39 is 6.10 Å². The highest BCUT2D eigenvalue weighted by Gasteiger charge is 2.35. The Morgan fingerprint density at radius 1 is 1.33 bits per heavy atom. The second-order valence-electron chi connectivity index (χ2n) is 3.38. The fourth-order valence-electron chi connectivity index (χ4n) is 1.67. The van der Waals surface area contributed by atoms with Crippen LogP contribution >= 0.6 is 11.3 Å². The van der Waals surface area contributed by atoms with Crippen LogP contribution in [-0.2, 0) is 4.74 Å². The van der Waals surface area contributed by atoms with E-state index in [9.17, 15) is 0 Å². The van der Waals surface area contributed by atoms with E-state index in [1.54, 1.807) is 18.2 Å². The molecule has 0 aliphatic carbocycles. The third kappa shape index (κ3) is 1.69. The predicted octanol–water partition coefficient (Wildman–Crippen LogP) is 1.86. The minimum Gasteiger partial charge on any atom is -0.464 e. The Labute approximate surface area is 107 Å². The molecule has 5 nitrogen and oxygen atoms in total. The summed E-state index contributed by atoms with van der Waals surface area (Å²) in [5.41, 5.74) is 5.78. The lowest BCUT2D eigenvalue weighted by molar-refractivity contribution is 0.169. The van der Waals surface area contributed by atoms with Crippen molar-refractivity contribution in [3.63, 3.8) is 0 Å². The number of hydrogen-bond acceptors (Lipinski definition) is 6. The zero-order chi connectivity index (χ0) is 13.1. The van der Waals surface area contributed by atoms with Crippen molar-refractivity contribution in [2.75, 3.05) is 0 Å². The molecule has 0 aromatic carbocycles. The van der Waals surface area contributed by atoms with Crippen molar-refractivity contribution in [2.45, 2.75) is 6.10 Å². The van der Waals surface area contributed by atoms with E-state index >= 15 is 0 Å². The molecule has 1 unspecified atom stereocenters. The summed E-state index contributed by atoms with van der Waals surface area (Å²) < 4.78 is 5.39. The van der Waals surface area contributed by atoms with Crippen LogP contribution < -0.4 is 5.73 Å². The van der Waals surface area contributed by atoms with Crippen molar-refractivity contribution in [1.82, 2.24) is 0 Å². The molecular formula is C12H6N4OS. The van der Waals surface area contributed by atoms with Gasteiger partial charge in [0.05, 0.1) is 0 Å². The monoisotopic (exact) mass is 254 g/mol. The van der Waals surface area contributed by atoms with Gasteiger partial charge < -0.3 is 10.5 Å². The number of nitriles is 3. The van der Waals surface area contributed by atoms with E-state index in [4.69, 9.17) is 26.3 Å². The van der Waals surface area contributed by atoms with Gasteiger partial charge in [-0.3, -0.25) is 0 Å². The van der Waals surface area contributed by atoms with E-state index in [2.05, 4.69) is 0 Å². The molecule has 2 N–H and O–H groups in total. The maximum Gasteiger partial charge on any atom is 0.203 e. The minimum atomic E-state index is -0.644. The van der Waals surface area contributed by atoms with Gasteiger partial charge in [0.25, 0.3) is 0 Å². The zero-order valence-electron chi connectivity index (χ0n) is 9.04. The molecule has 1 aromatic rings. The topological polar surface area (TPSA) is 107 Å². The molecule has 0 fully saturated rings. The van der Waals surface area contributed by atoms with Crippen LogP contribution in [0.3, 0.4) is 0 Å². The van der Waals surface area contributed by atoms with Gasteiger partial charge in [0.2, 0.25) is 5.88 Å². The average Bonchev–Trinajstić information content (AvgIpc) is 2.99. The molecular weight excluding hydrogens is 248 g/mol. The van der Waals surface area contributed by atoms with Gasteiger partial charge in [-0.15, -0.1) is 11.3 Å². The molecule has 6 heteroatoms. The molecule has 0 bridgehead atoms. The molecule has 0 spiro atoms. The minimum absolute atomic E-state index is 0.0473. The first kappa shape index (κ1) is 11.7. The first-order valence-electron chi connectivity index (χ1n) is 4.87. The van der Waals surface area contributed by atoms with Crippen LogP contribution in [0.5, 0.6) is 0 Å². The fourth-order valence-corrected chi connectivity index (χ4v) is 2.43. The Morgan fingerprint density at radius 2 is 2.06 bits per heavy atom. The molecule has 2 heterocycles. The van der Waals surface area contributed by atoms with Crippen LogP contribution in [-0.4, -0.2) is 0 Å². The van der Waals surface area contributed by atoms with Crippen molar-refractivity contribution in [3.05, 3.63) is 45.0 Å². The average molecular weight is 254 g/mol. The first-order chi connectivity index (χ1) is 8.72. The van der Waals surface area contributed by atoms with E-state index in [1.165, 1.54) is 11.3 Å². The van der Waals surface area contributed by atoms with Gasteiger partial charge in [-0.25, -0.2) is 0 Å². The third-order valence-electron chi connectivity index (χ3n) is 2.43. The lowest BCUT2D eigenvalue weighted by Gasteiger charge is -2.10.